The van der Waals surface area contributed by atoms with Gasteiger partial charge in [-0.05, 0) is 18.9 Å². The Morgan fingerprint density at radius 2 is 2.33 bits per heavy atom. The van der Waals surface area contributed by atoms with E-state index < -0.39 is 0 Å². The maximum atomic E-state index is 10.8. The Hall–Kier alpha value is -0.790. The summed E-state index contributed by atoms with van der Waals surface area (Å²) in [6, 6.07) is 0. The molecule has 1 fully saturated rings. The number of ether oxygens (including phenoxy) is 1. The van der Waals surface area contributed by atoms with E-state index in [2.05, 4.69) is 0 Å². The molecule has 2 bridgehead atoms. The van der Waals surface area contributed by atoms with Gasteiger partial charge in [-0.3, -0.25) is 4.79 Å². The zero-order valence-corrected chi connectivity index (χ0v) is 5.04. The van der Waals surface area contributed by atoms with Crippen LogP contribution in [0, 0.1) is 5.92 Å². The van der Waals surface area contributed by atoms with Gasteiger partial charge in [-0.2, -0.15) is 0 Å². The van der Waals surface area contributed by atoms with Gasteiger partial charge in [-0.25, -0.2) is 0 Å². The van der Waals surface area contributed by atoms with Crippen molar-refractivity contribution in [2.45, 2.75) is 18.9 Å². The van der Waals surface area contributed by atoms with E-state index >= 15 is 0 Å². The number of carbonyl (C=O) groups is 1. The molecular formula is C7H8O2. The normalized spacial score (nSPS) is 38.9. The molecule has 0 aromatic carbocycles. The fourth-order valence-corrected chi connectivity index (χ4v) is 1.33. The molecule has 2 heteroatoms. The van der Waals surface area contributed by atoms with E-state index in [1.807, 2.05) is 12.2 Å². The fourth-order valence-electron chi connectivity index (χ4n) is 1.33. The minimum absolute atomic E-state index is 0.0336. The maximum Gasteiger partial charge on any atom is 0.313 e. The highest BCUT2D eigenvalue weighted by Gasteiger charge is 2.30. The predicted molar refractivity (Wildman–Crippen MR) is 31.7 cm³/mol. The van der Waals surface area contributed by atoms with Gasteiger partial charge < -0.3 is 4.74 Å². The van der Waals surface area contributed by atoms with Crippen molar-refractivity contribution in [3.05, 3.63) is 12.2 Å². The van der Waals surface area contributed by atoms with Crippen molar-refractivity contribution < 1.29 is 9.53 Å². The van der Waals surface area contributed by atoms with Crippen molar-refractivity contribution in [3.8, 4) is 0 Å². The highest BCUT2D eigenvalue weighted by atomic mass is 16.5. The zero-order valence-electron chi connectivity index (χ0n) is 5.04. The SMILES string of the molecule is O=C1OC2C=CC1CC2. The summed E-state index contributed by atoms with van der Waals surface area (Å²) in [6.45, 7) is 0. The molecule has 2 aliphatic heterocycles. The molecule has 0 radical (unpaired) electrons. The minimum atomic E-state index is -0.0336. The first kappa shape index (κ1) is 5.03. The quantitative estimate of drug-likeness (QED) is 0.354. The summed E-state index contributed by atoms with van der Waals surface area (Å²) < 4.78 is 4.96. The second-order valence-corrected chi connectivity index (χ2v) is 2.54. The van der Waals surface area contributed by atoms with Crippen LogP contribution in [0.2, 0.25) is 0 Å². The van der Waals surface area contributed by atoms with Gasteiger partial charge in [0.15, 0.2) is 0 Å². The van der Waals surface area contributed by atoms with Gasteiger partial charge in [0.2, 0.25) is 0 Å². The number of carbonyl (C=O) groups excluding carboxylic acids is 1. The lowest BCUT2D eigenvalue weighted by Gasteiger charge is -2.29. The van der Waals surface area contributed by atoms with Gasteiger partial charge >= 0.3 is 5.97 Å². The standard InChI is InChI=1S/C7H8O2/c8-7-5-1-3-6(9-7)4-2-5/h1,3,5-6H,2,4H2. The third kappa shape index (κ3) is 0.661. The third-order valence-corrected chi connectivity index (χ3v) is 1.89. The minimum Gasteiger partial charge on any atom is -0.458 e. The first-order valence-corrected chi connectivity index (χ1v) is 3.25. The van der Waals surface area contributed by atoms with Crippen molar-refractivity contribution in [2.24, 2.45) is 5.92 Å². The summed E-state index contributed by atoms with van der Waals surface area (Å²) >= 11 is 0. The Kier molecular flexibility index (Phi) is 0.891. The Morgan fingerprint density at radius 1 is 1.44 bits per heavy atom. The first-order valence-electron chi connectivity index (χ1n) is 3.25. The summed E-state index contributed by atoms with van der Waals surface area (Å²) in [7, 11) is 0. The van der Waals surface area contributed by atoms with E-state index in [1.54, 1.807) is 0 Å². The number of hydrogen-bond acceptors (Lipinski definition) is 2. The molecule has 0 aromatic heterocycles. The van der Waals surface area contributed by atoms with E-state index in [0.29, 0.717) is 0 Å². The lowest BCUT2D eigenvalue weighted by molar-refractivity contribution is -0.156. The van der Waals surface area contributed by atoms with Crippen molar-refractivity contribution >= 4 is 5.97 Å². The second kappa shape index (κ2) is 1.59. The molecule has 3 aliphatic rings. The zero-order chi connectivity index (χ0) is 6.27. The van der Waals surface area contributed by atoms with Crippen LogP contribution in [-0.2, 0) is 9.53 Å². The van der Waals surface area contributed by atoms with Crippen LogP contribution in [-0.4, -0.2) is 12.1 Å². The van der Waals surface area contributed by atoms with Crippen molar-refractivity contribution in [1.29, 1.82) is 0 Å². The lowest BCUT2D eigenvalue weighted by Crippen LogP contribution is -2.32. The summed E-state index contributed by atoms with van der Waals surface area (Å²) in [4.78, 5) is 10.8. The van der Waals surface area contributed by atoms with Crippen molar-refractivity contribution in [3.63, 3.8) is 0 Å². The van der Waals surface area contributed by atoms with Gasteiger partial charge in [0.05, 0.1) is 5.92 Å². The molecule has 2 unspecified atom stereocenters. The van der Waals surface area contributed by atoms with Gasteiger partial charge in [0.1, 0.15) is 6.10 Å². The molecule has 48 valence electrons. The van der Waals surface area contributed by atoms with Crippen LogP contribution in [0.25, 0.3) is 0 Å². The predicted octanol–water partition coefficient (Wildman–Crippen LogP) is 0.878. The highest BCUT2D eigenvalue weighted by Crippen LogP contribution is 2.27. The van der Waals surface area contributed by atoms with E-state index in [1.165, 1.54) is 0 Å². The molecule has 2 atom stereocenters. The maximum absolute atomic E-state index is 10.8. The Morgan fingerprint density at radius 3 is 2.56 bits per heavy atom. The van der Waals surface area contributed by atoms with Gasteiger partial charge in [-0.15, -0.1) is 0 Å². The summed E-state index contributed by atoms with van der Waals surface area (Å²) in [5.41, 5.74) is 0. The summed E-state index contributed by atoms with van der Waals surface area (Å²) in [6.07, 6.45) is 6.05. The Bertz CT molecular complexity index is 172. The molecule has 9 heavy (non-hydrogen) atoms. The first-order chi connectivity index (χ1) is 4.36. The van der Waals surface area contributed by atoms with Crippen LogP contribution in [0.4, 0.5) is 0 Å². The number of hydrogen-bond donors (Lipinski definition) is 0. The topological polar surface area (TPSA) is 26.3 Å². The molecule has 3 rings (SSSR count). The van der Waals surface area contributed by atoms with Crippen LogP contribution in [0.15, 0.2) is 12.2 Å². The average Bonchev–Trinajstić information content (AvgIpc) is 1.90. The number of fused-ring (bicyclic) bond motifs is 2. The summed E-state index contributed by atoms with van der Waals surface area (Å²) in [5.74, 6) is 0.0451. The molecule has 1 aliphatic carbocycles. The van der Waals surface area contributed by atoms with Gasteiger partial charge in [0.25, 0.3) is 0 Å². The molecular weight excluding hydrogens is 116 g/mol. The lowest BCUT2D eigenvalue weighted by atomic mass is 9.91. The number of esters is 1. The van der Waals surface area contributed by atoms with Crippen molar-refractivity contribution in [1.82, 2.24) is 0 Å². The van der Waals surface area contributed by atoms with E-state index in [9.17, 15) is 4.79 Å². The van der Waals surface area contributed by atoms with Crippen LogP contribution in [0.1, 0.15) is 12.8 Å². The van der Waals surface area contributed by atoms with E-state index in [-0.39, 0.29) is 18.0 Å². The Labute approximate surface area is 53.5 Å². The molecule has 0 saturated carbocycles. The molecule has 0 spiro atoms. The second-order valence-electron chi connectivity index (χ2n) is 2.54. The highest BCUT2D eigenvalue weighted by molar-refractivity contribution is 5.76. The van der Waals surface area contributed by atoms with Crippen LogP contribution >= 0.6 is 0 Å². The smallest absolute Gasteiger partial charge is 0.313 e. The largest absolute Gasteiger partial charge is 0.458 e. The Balaban J connectivity index is 2.29. The van der Waals surface area contributed by atoms with Crippen LogP contribution in [0.5, 0.6) is 0 Å². The molecule has 0 amide bonds. The molecule has 2 heterocycles. The molecule has 2 nitrogen and oxygen atoms in total. The van der Waals surface area contributed by atoms with Crippen molar-refractivity contribution in [2.75, 3.05) is 0 Å². The van der Waals surface area contributed by atoms with Gasteiger partial charge in [0, 0.05) is 0 Å². The van der Waals surface area contributed by atoms with E-state index in [4.69, 9.17) is 4.74 Å². The molecule has 0 aromatic rings. The van der Waals surface area contributed by atoms with Crippen LogP contribution in [0.3, 0.4) is 0 Å². The average molecular weight is 124 g/mol. The van der Waals surface area contributed by atoms with Crippen LogP contribution < -0.4 is 0 Å². The summed E-state index contributed by atoms with van der Waals surface area (Å²) in [5, 5.41) is 0. The van der Waals surface area contributed by atoms with E-state index in [0.717, 1.165) is 12.8 Å². The molecule has 1 saturated heterocycles. The fraction of sp³-hybridized carbons (Fsp3) is 0.571. The molecule has 0 N–H and O–H groups in total. The number of rotatable bonds is 0. The third-order valence-electron chi connectivity index (χ3n) is 1.89. The van der Waals surface area contributed by atoms with Gasteiger partial charge in [-0.1, -0.05) is 6.08 Å². The monoisotopic (exact) mass is 124 g/mol.